The molecule has 1 saturated carbocycles. The molecule has 0 aromatic heterocycles. The van der Waals surface area contributed by atoms with E-state index in [2.05, 4.69) is 7.85 Å². The molecule has 2 rings (SSSR count). The maximum atomic E-state index is 11.7. The molecule has 1 aliphatic carbocycles. The van der Waals surface area contributed by atoms with Gasteiger partial charge in [0, 0.05) is 10.6 Å². The third-order valence-corrected chi connectivity index (χ3v) is 5.21. The second kappa shape index (κ2) is 6.61. The Morgan fingerprint density at radius 2 is 1.95 bits per heavy atom. The van der Waals surface area contributed by atoms with Gasteiger partial charge in [-0.2, -0.15) is 0 Å². The van der Waals surface area contributed by atoms with Crippen molar-refractivity contribution in [1.82, 2.24) is 0 Å². The molecule has 0 saturated heterocycles. The molecule has 22 heavy (non-hydrogen) atoms. The van der Waals surface area contributed by atoms with Crippen molar-refractivity contribution in [2.75, 3.05) is 0 Å². The van der Waals surface area contributed by atoms with Crippen LogP contribution in [0.25, 0.3) is 0 Å². The smallest absolute Gasteiger partial charge is 0.323 e. The third-order valence-electron chi connectivity index (χ3n) is 4.96. The summed E-state index contributed by atoms with van der Waals surface area (Å²) in [5, 5.41) is 10.2. The Morgan fingerprint density at radius 1 is 1.36 bits per heavy atom. The first-order chi connectivity index (χ1) is 10.3. The molecule has 0 amide bonds. The standard InChI is InChI=1S/C16H24BClN2O2/c17-8-2-1-7-16(20,14(21)22)12-9-15(19,10-12)11-3-5-13(18)6-4-11/h3-6,12H,1-2,7-10,17,19-20H2,(H,21,22). The molecule has 0 heterocycles. The molecule has 6 heteroatoms. The van der Waals surface area contributed by atoms with Gasteiger partial charge in [0.25, 0.3) is 0 Å². The molecule has 1 unspecified atom stereocenters. The molecule has 1 fully saturated rings. The lowest BCUT2D eigenvalue weighted by molar-refractivity contribution is -0.149. The summed E-state index contributed by atoms with van der Waals surface area (Å²) in [7, 11) is 2.09. The lowest BCUT2D eigenvalue weighted by Gasteiger charge is -2.51. The van der Waals surface area contributed by atoms with Crippen LogP contribution in [0.1, 0.15) is 37.7 Å². The summed E-state index contributed by atoms with van der Waals surface area (Å²) in [6, 6.07) is 7.45. The molecule has 120 valence electrons. The third kappa shape index (κ3) is 3.32. The number of rotatable bonds is 7. The van der Waals surface area contributed by atoms with E-state index in [1.807, 2.05) is 24.3 Å². The summed E-state index contributed by atoms with van der Waals surface area (Å²) in [6.07, 6.45) is 4.61. The predicted molar refractivity (Wildman–Crippen MR) is 91.8 cm³/mol. The largest absolute Gasteiger partial charge is 0.480 e. The van der Waals surface area contributed by atoms with Crippen LogP contribution in [0.4, 0.5) is 0 Å². The maximum Gasteiger partial charge on any atom is 0.323 e. The fourth-order valence-electron chi connectivity index (χ4n) is 3.35. The molecular formula is C16H24BClN2O2. The van der Waals surface area contributed by atoms with Crippen LogP contribution in [0.5, 0.6) is 0 Å². The van der Waals surface area contributed by atoms with Gasteiger partial charge < -0.3 is 16.6 Å². The molecule has 1 aromatic rings. The zero-order valence-corrected chi connectivity index (χ0v) is 13.8. The highest BCUT2D eigenvalue weighted by molar-refractivity contribution is 6.30. The van der Waals surface area contributed by atoms with E-state index in [-0.39, 0.29) is 5.92 Å². The highest BCUT2D eigenvalue weighted by atomic mass is 35.5. The van der Waals surface area contributed by atoms with Crippen molar-refractivity contribution in [2.24, 2.45) is 17.4 Å². The van der Waals surface area contributed by atoms with E-state index in [9.17, 15) is 9.90 Å². The minimum absolute atomic E-state index is 0.0810. The Balaban J connectivity index is 2.06. The van der Waals surface area contributed by atoms with E-state index in [1.54, 1.807) is 0 Å². The van der Waals surface area contributed by atoms with Crippen LogP contribution in [0.15, 0.2) is 24.3 Å². The molecule has 1 atom stereocenters. The molecule has 1 aromatic carbocycles. The van der Waals surface area contributed by atoms with Gasteiger partial charge in [-0.3, -0.25) is 4.79 Å². The van der Waals surface area contributed by atoms with Gasteiger partial charge >= 0.3 is 5.97 Å². The van der Waals surface area contributed by atoms with E-state index in [1.165, 1.54) is 0 Å². The van der Waals surface area contributed by atoms with E-state index < -0.39 is 17.0 Å². The van der Waals surface area contributed by atoms with Gasteiger partial charge in [-0.05, 0) is 42.9 Å². The molecule has 0 spiro atoms. The zero-order valence-electron chi connectivity index (χ0n) is 13.0. The predicted octanol–water partition coefficient (Wildman–Crippen LogP) is 1.91. The molecular weight excluding hydrogens is 298 g/mol. The van der Waals surface area contributed by atoms with Crippen molar-refractivity contribution in [3.63, 3.8) is 0 Å². The first-order valence-corrected chi connectivity index (χ1v) is 8.27. The Kier molecular flexibility index (Phi) is 5.20. The summed E-state index contributed by atoms with van der Waals surface area (Å²) in [6.45, 7) is 0. The van der Waals surface area contributed by atoms with Crippen LogP contribution < -0.4 is 11.5 Å². The number of benzene rings is 1. The average Bonchev–Trinajstić information content (AvgIpc) is 2.44. The van der Waals surface area contributed by atoms with Crippen LogP contribution in [-0.2, 0) is 10.3 Å². The van der Waals surface area contributed by atoms with Gasteiger partial charge in [-0.1, -0.05) is 42.9 Å². The van der Waals surface area contributed by atoms with Crippen LogP contribution >= 0.6 is 11.6 Å². The highest BCUT2D eigenvalue weighted by Gasteiger charge is 2.53. The molecule has 1 aliphatic rings. The van der Waals surface area contributed by atoms with Gasteiger partial charge in [-0.25, -0.2) is 0 Å². The normalized spacial score (nSPS) is 27.0. The van der Waals surface area contributed by atoms with Gasteiger partial charge in [0.15, 0.2) is 0 Å². The molecule has 0 aliphatic heterocycles. The van der Waals surface area contributed by atoms with Gasteiger partial charge in [0.1, 0.15) is 13.4 Å². The molecule has 4 nitrogen and oxygen atoms in total. The Hall–Kier alpha value is -1.04. The summed E-state index contributed by atoms with van der Waals surface area (Å²) in [5.74, 6) is -0.991. The fraction of sp³-hybridized carbons (Fsp3) is 0.562. The Bertz CT molecular complexity index is 531. The number of unbranched alkanes of at least 4 members (excludes halogenated alkanes) is 1. The SMILES string of the molecule is BCCCCC(N)(C(=O)O)C1CC(N)(c2ccc(Cl)cc2)C1. The average molecular weight is 323 g/mol. The summed E-state index contributed by atoms with van der Waals surface area (Å²) in [4.78, 5) is 11.7. The summed E-state index contributed by atoms with van der Waals surface area (Å²) < 4.78 is 0. The van der Waals surface area contributed by atoms with Crippen molar-refractivity contribution in [1.29, 1.82) is 0 Å². The van der Waals surface area contributed by atoms with Crippen molar-refractivity contribution in [3.05, 3.63) is 34.9 Å². The van der Waals surface area contributed by atoms with Crippen molar-refractivity contribution in [2.45, 2.75) is 49.5 Å². The Labute approximate surface area is 137 Å². The first kappa shape index (κ1) is 17.3. The van der Waals surface area contributed by atoms with Gasteiger partial charge in [0.2, 0.25) is 0 Å². The fourth-order valence-corrected chi connectivity index (χ4v) is 3.48. The van der Waals surface area contributed by atoms with E-state index in [4.69, 9.17) is 23.1 Å². The molecule has 5 N–H and O–H groups in total. The summed E-state index contributed by atoms with van der Waals surface area (Å²) >= 11 is 5.90. The number of carbonyl (C=O) groups is 1. The quantitative estimate of drug-likeness (QED) is 0.528. The van der Waals surface area contributed by atoms with Gasteiger partial charge in [-0.15, -0.1) is 0 Å². The second-order valence-electron chi connectivity index (χ2n) is 6.57. The minimum Gasteiger partial charge on any atom is -0.480 e. The van der Waals surface area contributed by atoms with E-state index in [0.717, 1.165) is 24.7 Å². The maximum absolute atomic E-state index is 11.7. The van der Waals surface area contributed by atoms with Crippen LogP contribution in [-0.4, -0.2) is 24.5 Å². The van der Waals surface area contributed by atoms with Crippen LogP contribution in [0, 0.1) is 5.92 Å². The van der Waals surface area contributed by atoms with Crippen LogP contribution in [0.2, 0.25) is 11.3 Å². The lowest BCUT2D eigenvalue weighted by atomic mass is 9.58. The van der Waals surface area contributed by atoms with Crippen LogP contribution in [0.3, 0.4) is 0 Å². The Morgan fingerprint density at radius 3 is 2.45 bits per heavy atom. The number of carboxylic acid groups (broad SMARTS) is 1. The van der Waals surface area contributed by atoms with E-state index >= 15 is 0 Å². The van der Waals surface area contributed by atoms with Crippen molar-refractivity contribution < 1.29 is 9.90 Å². The van der Waals surface area contributed by atoms with Gasteiger partial charge in [0.05, 0.1) is 0 Å². The lowest BCUT2D eigenvalue weighted by Crippen LogP contribution is -2.64. The summed E-state index contributed by atoms with van der Waals surface area (Å²) in [5.41, 5.74) is 12.0. The number of carboxylic acids is 1. The molecule has 0 bridgehead atoms. The number of hydrogen-bond donors (Lipinski definition) is 3. The highest BCUT2D eigenvalue weighted by Crippen LogP contribution is 2.49. The number of hydrogen-bond acceptors (Lipinski definition) is 3. The topological polar surface area (TPSA) is 89.3 Å². The number of aliphatic carboxylic acids is 1. The van der Waals surface area contributed by atoms with Crippen molar-refractivity contribution >= 4 is 25.4 Å². The number of halogens is 1. The monoisotopic (exact) mass is 322 g/mol. The van der Waals surface area contributed by atoms with Crippen molar-refractivity contribution in [3.8, 4) is 0 Å². The first-order valence-electron chi connectivity index (χ1n) is 7.89. The number of nitrogens with two attached hydrogens (primary N) is 2. The minimum atomic E-state index is -1.16. The second-order valence-corrected chi connectivity index (χ2v) is 7.01. The molecule has 0 radical (unpaired) electrons. The zero-order chi connectivity index (χ0) is 16.4. The van der Waals surface area contributed by atoms with E-state index in [0.29, 0.717) is 24.3 Å².